The number of hydrogen-bond acceptors (Lipinski definition) is 7. The fraction of sp³-hybridized carbons (Fsp3) is 0.625. The molecule has 0 bridgehead atoms. The van der Waals surface area contributed by atoms with Crippen molar-refractivity contribution in [3.8, 4) is 0 Å². The highest BCUT2D eigenvalue weighted by molar-refractivity contribution is 5.82. The van der Waals surface area contributed by atoms with Crippen molar-refractivity contribution in [2.75, 3.05) is 19.7 Å². The maximum Gasteiger partial charge on any atom is 0.416 e. The molecule has 36 heavy (non-hydrogen) atoms. The number of halogens is 3. The zero-order valence-corrected chi connectivity index (χ0v) is 21.0. The number of nitrogens with two attached hydrogens (primary N) is 1. The Bertz CT molecular complexity index is 877. The van der Waals surface area contributed by atoms with Crippen molar-refractivity contribution in [2.45, 2.75) is 71.3 Å². The number of aliphatic hydroxyl groups excluding tert-OH is 1. The monoisotopic (exact) mass is 519 g/mol. The van der Waals surface area contributed by atoms with Crippen LogP contribution in [0, 0.1) is 5.41 Å². The minimum atomic E-state index is -4.48. The highest BCUT2D eigenvalue weighted by atomic mass is 19.4. The number of nitrogens with one attached hydrogen (secondary N) is 2. The van der Waals surface area contributed by atoms with Crippen molar-refractivity contribution in [2.24, 2.45) is 11.1 Å². The summed E-state index contributed by atoms with van der Waals surface area (Å²) in [6.45, 7) is 8.05. The molecule has 1 aromatic carbocycles. The number of carbonyl (C=O) groups excluding carboxylic acids is 3. The molecular formula is C24H36F3N3O6. The van der Waals surface area contributed by atoms with E-state index >= 15 is 0 Å². The van der Waals surface area contributed by atoms with Gasteiger partial charge in [-0.05, 0) is 38.4 Å². The number of aldehydes is 1. The molecule has 0 aliphatic carbocycles. The number of hydrogen-bond donors (Lipinski definition) is 4. The van der Waals surface area contributed by atoms with E-state index in [1.54, 1.807) is 13.8 Å². The summed E-state index contributed by atoms with van der Waals surface area (Å²) >= 11 is 0. The number of aliphatic hydroxyl groups is 1. The third-order valence-corrected chi connectivity index (χ3v) is 5.22. The van der Waals surface area contributed by atoms with Gasteiger partial charge in [-0.1, -0.05) is 32.0 Å². The maximum atomic E-state index is 12.7. The molecule has 1 fully saturated rings. The summed E-state index contributed by atoms with van der Waals surface area (Å²) in [6.07, 6.45) is -5.18. The number of amides is 2. The predicted octanol–water partition coefficient (Wildman–Crippen LogP) is 1.90. The van der Waals surface area contributed by atoms with Crippen molar-refractivity contribution in [3.63, 3.8) is 0 Å². The van der Waals surface area contributed by atoms with Crippen LogP contribution in [0.1, 0.15) is 51.7 Å². The molecule has 0 saturated carbocycles. The number of ether oxygens (including phenoxy) is 2. The van der Waals surface area contributed by atoms with Gasteiger partial charge in [0.1, 0.15) is 18.5 Å². The van der Waals surface area contributed by atoms with Crippen molar-refractivity contribution in [1.29, 1.82) is 0 Å². The largest absolute Gasteiger partial charge is 0.416 e. The Hall–Kier alpha value is -2.54. The number of carbonyl (C=O) groups is 3. The van der Waals surface area contributed by atoms with Gasteiger partial charge in [-0.3, -0.25) is 9.59 Å². The average Bonchev–Trinajstić information content (AvgIpc) is 2.79. The molecular weight excluding hydrogens is 483 g/mol. The first-order chi connectivity index (χ1) is 16.6. The van der Waals surface area contributed by atoms with Crippen LogP contribution in [0.5, 0.6) is 0 Å². The topological polar surface area (TPSA) is 140 Å². The van der Waals surface area contributed by atoms with E-state index in [1.165, 1.54) is 18.2 Å². The van der Waals surface area contributed by atoms with E-state index in [0.717, 1.165) is 12.4 Å². The van der Waals surface area contributed by atoms with Crippen LogP contribution in [0.25, 0.3) is 0 Å². The Morgan fingerprint density at radius 3 is 2.44 bits per heavy atom. The van der Waals surface area contributed by atoms with E-state index in [-0.39, 0.29) is 36.4 Å². The number of alkyl halides is 3. The van der Waals surface area contributed by atoms with E-state index in [9.17, 15) is 32.7 Å². The summed E-state index contributed by atoms with van der Waals surface area (Å²) in [6, 6.07) is 4.95. The van der Waals surface area contributed by atoms with Crippen molar-refractivity contribution < 1.29 is 42.1 Å². The van der Waals surface area contributed by atoms with E-state index in [4.69, 9.17) is 15.2 Å². The molecule has 1 saturated heterocycles. The van der Waals surface area contributed by atoms with Gasteiger partial charge in [-0.15, -0.1) is 0 Å². The molecule has 1 unspecified atom stereocenters. The third-order valence-electron chi connectivity index (χ3n) is 5.22. The molecule has 5 N–H and O–H groups in total. The molecule has 9 nitrogen and oxygen atoms in total. The Morgan fingerprint density at radius 1 is 1.22 bits per heavy atom. The number of benzene rings is 1. The Balaban J connectivity index is 0.000000362. The molecule has 0 spiro atoms. The zero-order valence-electron chi connectivity index (χ0n) is 21.0. The second-order valence-corrected chi connectivity index (χ2v) is 9.39. The van der Waals surface area contributed by atoms with E-state index in [0.29, 0.717) is 19.6 Å². The van der Waals surface area contributed by atoms with Crippen LogP contribution in [0.15, 0.2) is 24.3 Å². The lowest BCUT2D eigenvalue weighted by molar-refractivity contribution is -0.304. The van der Waals surface area contributed by atoms with E-state index in [1.807, 2.05) is 13.8 Å². The van der Waals surface area contributed by atoms with Crippen molar-refractivity contribution in [3.05, 3.63) is 35.4 Å². The van der Waals surface area contributed by atoms with E-state index < -0.39 is 35.6 Å². The fourth-order valence-electron chi connectivity index (χ4n) is 3.21. The first kappa shape index (κ1) is 31.5. The molecule has 0 radical (unpaired) electrons. The van der Waals surface area contributed by atoms with Crippen LogP contribution in [0.2, 0.25) is 0 Å². The summed E-state index contributed by atoms with van der Waals surface area (Å²) < 4.78 is 49.2. The first-order valence-corrected chi connectivity index (χ1v) is 11.5. The van der Waals surface area contributed by atoms with E-state index in [2.05, 4.69) is 10.6 Å². The molecule has 2 amide bonds. The maximum absolute atomic E-state index is 12.7. The average molecular weight is 520 g/mol. The SMILES string of the molecule is CC1(C)OCC(C)(C)[C@H](C(=O)NCCC=O)O1.NCCC(O)C(=O)NCc1ccccc1C(F)(F)F. The summed E-state index contributed by atoms with van der Waals surface area (Å²) in [4.78, 5) is 33.5. The predicted molar refractivity (Wildman–Crippen MR) is 125 cm³/mol. The van der Waals surface area contributed by atoms with Gasteiger partial charge in [0.2, 0.25) is 11.8 Å². The van der Waals surface area contributed by atoms with Gasteiger partial charge < -0.3 is 35.7 Å². The van der Waals surface area contributed by atoms with Crippen molar-refractivity contribution in [1.82, 2.24) is 10.6 Å². The summed E-state index contributed by atoms with van der Waals surface area (Å²) in [5.74, 6) is -1.67. The molecule has 1 heterocycles. The minimum absolute atomic E-state index is 0.0525. The van der Waals surface area contributed by atoms with Gasteiger partial charge >= 0.3 is 6.18 Å². The van der Waals surface area contributed by atoms with Gasteiger partial charge in [0, 0.05) is 24.9 Å². The quantitative estimate of drug-likeness (QED) is 0.289. The minimum Gasteiger partial charge on any atom is -0.383 e. The molecule has 1 aliphatic heterocycles. The normalized spacial score (nSPS) is 19.3. The highest BCUT2D eigenvalue weighted by Gasteiger charge is 2.45. The second-order valence-electron chi connectivity index (χ2n) is 9.39. The molecule has 1 aliphatic rings. The van der Waals surface area contributed by atoms with Gasteiger partial charge in [0.15, 0.2) is 5.79 Å². The summed E-state index contributed by atoms with van der Waals surface area (Å²) in [7, 11) is 0. The molecule has 204 valence electrons. The smallest absolute Gasteiger partial charge is 0.383 e. The Labute approximate surface area is 208 Å². The van der Waals surface area contributed by atoms with Gasteiger partial charge in [-0.25, -0.2) is 0 Å². The molecule has 0 aromatic heterocycles. The summed E-state index contributed by atoms with van der Waals surface area (Å²) in [5, 5.41) is 14.3. The molecule has 1 aromatic rings. The molecule has 12 heteroatoms. The third kappa shape index (κ3) is 10.2. The zero-order chi connectivity index (χ0) is 27.6. The summed E-state index contributed by atoms with van der Waals surface area (Å²) in [5.41, 5.74) is 3.94. The standard InChI is InChI=1S/C12H15F3N2O2.C12H21NO4/c13-12(14,15)9-4-2-1-3-8(9)7-17-11(19)10(18)5-6-16;1-11(2)8-16-12(3,4)17-9(11)10(15)13-6-5-7-14/h1-4,10,18H,5-7,16H2,(H,17,19);7,9H,5-6,8H2,1-4H3,(H,13,15)/t;9-/m.0/s1. The fourth-order valence-corrected chi connectivity index (χ4v) is 3.21. The van der Waals surface area contributed by atoms with Gasteiger partial charge in [-0.2, -0.15) is 13.2 Å². The lowest BCUT2D eigenvalue weighted by Crippen LogP contribution is -2.56. The first-order valence-electron chi connectivity index (χ1n) is 11.5. The van der Waals surface area contributed by atoms with Crippen LogP contribution in [0.4, 0.5) is 13.2 Å². The van der Waals surface area contributed by atoms with Crippen LogP contribution in [-0.2, 0) is 36.6 Å². The second kappa shape index (κ2) is 13.7. The highest BCUT2D eigenvalue weighted by Crippen LogP contribution is 2.35. The van der Waals surface area contributed by atoms with Gasteiger partial charge in [0.25, 0.3) is 0 Å². The van der Waals surface area contributed by atoms with Crippen LogP contribution in [-0.4, -0.2) is 60.9 Å². The lowest BCUT2D eigenvalue weighted by Gasteiger charge is -2.44. The van der Waals surface area contributed by atoms with Crippen LogP contribution in [0.3, 0.4) is 0 Å². The van der Waals surface area contributed by atoms with Gasteiger partial charge in [0.05, 0.1) is 12.2 Å². The van der Waals surface area contributed by atoms with Crippen LogP contribution < -0.4 is 16.4 Å². The van der Waals surface area contributed by atoms with Crippen LogP contribution >= 0.6 is 0 Å². The lowest BCUT2D eigenvalue weighted by atomic mass is 9.85. The molecule has 2 atom stereocenters. The van der Waals surface area contributed by atoms with Crippen molar-refractivity contribution >= 4 is 18.1 Å². The molecule has 2 rings (SSSR count). The number of rotatable bonds is 9. The Morgan fingerprint density at radius 2 is 1.86 bits per heavy atom. The Kier molecular flexibility index (Phi) is 12.0.